The number of Topliss-reactive ketones (excluding diaryl/α,β-unsaturated/α-hetero) is 2. The monoisotopic (exact) mass is 460 g/mol. The number of allylic oxidation sites excluding steroid dienone is 1. The van der Waals surface area contributed by atoms with Crippen LogP contribution >= 0.6 is 0 Å². The number of ketones is 2. The molecule has 0 saturated carbocycles. The fourth-order valence-corrected chi connectivity index (χ4v) is 3.69. The first-order chi connectivity index (χ1) is 16.5. The molecule has 0 unspecified atom stereocenters. The highest BCUT2D eigenvalue weighted by molar-refractivity contribution is 6.15. The van der Waals surface area contributed by atoms with Crippen molar-refractivity contribution in [2.24, 2.45) is 0 Å². The average Bonchev–Trinajstić information content (AvgIpc) is 3.19. The molecule has 1 aliphatic heterocycles. The lowest BCUT2D eigenvalue weighted by Crippen LogP contribution is -2.12. The molecule has 1 heterocycles. The lowest BCUT2D eigenvalue weighted by Gasteiger charge is -2.11. The first-order valence-electron chi connectivity index (χ1n) is 10.6. The molecule has 0 spiro atoms. The first kappa shape index (κ1) is 22.9. The van der Waals surface area contributed by atoms with Crippen molar-refractivity contribution >= 4 is 17.6 Å². The zero-order chi connectivity index (χ0) is 24.2. The van der Waals surface area contributed by atoms with Gasteiger partial charge in [-0.25, -0.2) is 0 Å². The molecule has 0 bridgehead atoms. The van der Waals surface area contributed by atoms with E-state index < -0.39 is 0 Å². The van der Waals surface area contributed by atoms with Gasteiger partial charge < -0.3 is 23.7 Å². The Morgan fingerprint density at radius 3 is 2.35 bits per heavy atom. The van der Waals surface area contributed by atoms with Gasteiger partial charge in [0, 0.05) is 16.7 Å². The molecule has 0 aromatic heterocycles. The Morgan fingerprint density at radius 1 is 0.912 bits per heavy atom. The van der Waals surface area contributed by atoms with E-state index in [0.29, 0.717) is 51.0 Å². The summed E-state index contributed by atoms with van der Waals surface area (Å²) < 4.78 is 27.6. The normalized spacial score (nSPS) is 13.3. The van der Waals surface area contributed by atoms with Gasteiger partial charge in [0.1, 0.15) is 17.2 Å². The first-order valence-corrected chi connectivity index (χ1v) is 10.6. The Bertz CT molecular complexity index is 1270. The van der Waals surface area contributed by atoms with Crippen LogP contribution in [0.25, 0.3) is 6.08 Å². The number of para-hydroxylation sites is 1. The smallest absolute Gasteiger partial charge is 0.231 e. The van der Waals surface area contributed by atoms with Crippen LogP contribution in [0.3, 0.4) is 0 Å². The quantitative estimate of drug-likeness (QED) is 0.349. The summed E-state index contributed by atoms with van der Waals surface area (Å²) >= 11 is 0. The number of hydrogen-bond acceptors (Lipinski definition) is 7. The number of benzene rings is 3. The fraction of sp³-hybridized carbons (Fsp3) is 0.185. The maximum atomic E-state index is 13.0. The molecule has 4 rings (SSSR count). The Morgan fingerprint density at radius 2 is 1.68 bits per heavy atom. The molecule has 0 radical (unpaired) electrons. The van der Waals surface area contributed by atoms with E-state index in [1.54, 1.807) is 81.8 Å². The van der Waals surface area contributed by atoms with E-state index in [1.165, 1.54) is 7.11 Å². The van der Waals surface area contributed by atoms with Crippen molar-refractivity contribution in [1.82, 2.24) is 0 Å². The second-order valence-electron chi connectivity index (χ2n) is 7.53. The van der Waals surface area contributed by atoms with Crippen molar-refractivity contribution in [2.45, 2.75) is 6.92 Å². The van der Waals surface area contributed by atoms with Gasteiger partial charge in [0.25, 0.3) is 0 Å². The third-order valence-corrected chi connectivity index (χ3v) is 5.53. The maximum absolute atomic E-state index is 13.0. The molecule has 0 atom stereocenters. The molecule has 7 heteroatoms. The SMILES string of the molecule is COc1ccc(C(=O)COc2ccc3c(c2C)O/C(=C\c2cccc(OC)c2OC)C3=O)cc1. The summed E-state index contributed by atoms with van der Waals surface area (Å²) in [6.45, 7) is 1.64. The predicted molar refractivity (Wildman–Crippen MR) is 126 cm³/mol. The summed E-state index contributed by atoms with van der Waals surface area (Å²) in [5, 5.41) is 0. The molecule has 3 aromatic carbocycles. The molecule has 174 valence electrons. The zero-order valence-electron chi connectivity index (χ0n) is 19.3. The third kappa shape index (κ3) is 4.32. The average molecular weight is 460 g/mol. The molecular formula is C27H24O7. The van der Waals surface area contributed by atoms with E-state index >= 15 is 0 Å². The van der Waals surface area contributed by atoms with Crippen LogP contribution in [0.1, 0.15) is 31.8 Å². The van der Waals surface area contributed by atoms with Gasteiger partial charge in [0.2, 0.25) is 5.78 Å². The van der Waals surface area contributed by atoms with Crippen LogP contribution in [0.5, 0.6) is 28.7 Å². The summed E-state index contributed by atoms with van der Waals surface area (Å²) in [5.41, 5.74) is 2.23. The lowest BCUT2D eigenvalue weighted by atomic mass is 10.1. The molecule has 0 fully saturated rings. The molecular weight excluding hydrogens is 436 g/mol. The number of carbonyl (C=O) groups excluding carboxylic acids is 2. The van der Waals surface area contributed by atoms with Crippen molar-refractivity contribution < 1.29 is 33.3 Å². The maximum Gasteiger partial charge on any atom is 0.231 e. The van der Waals surface area contributed by atoms with E-state index in [4.69, 9.17) is 23.7 Å². The molecule has 3 aromatic rings. The molecule has 7 nitrogen and oxygen atoms in total. The lowest BCUT2D eigenvalue weighted by molar-refractivity contribution is 0.0920. The third-order valence-electron chi connectivity index (χ3n) is 5.53. The summed E-state index contributed by atoms with van der Waals surface area (Å²) in [6, 6.07) is 15.5. The van der Waals surface area contributed by atoms with Crippen LogP contribution in [0.4, 0.5) is 0 Å². The molecule has 0 aliphatic carbocycles. The highest BCUT2D eigenvalue weighted by Crippen LogP contribution is 2.40. The Kier molecular flexibility index (Phi) is 6.54. The zero-order valence-corrected chi connectivity index (χ0v) is 19.3. The number of methoxy groups -OCH3 is 3. The molecule has 34 heavy (non-hydrogen) atoms. The van der Waals surface area contributed by atoms with E-state index in [-0.39, 0.29) is 23.9 Å². The van der Waals surface area contributed by atoms with Gasteiger partial charge in [-0.1, -0.05) is 12.1 Å². The van der Waals surface area contributed by atoms with E-state index in [1.807, 2.05) is 0 Å². The Labute approximate surface area is 197 Å². The summed E-state index contributed by atoms with van der Waals surface area (Å²) in [7, 11) is 4.65. The minimum absolute atomic E-state index is 0.149. The molecule has 0 amide bonds. The second-order valence-corrected chi connectivity index (χ2v) is 7.53. The highest BCUT2D eigenvalue weighted by Gasteiger charge is 2.30. The van der Waals surface area contributed by atoms with Gasteiger partial charge in [-0.3, -0.25) is 9.59 Å². The minimum atomic E-state index is -0.246. The van der Waals surface area contributed by atoms with Crippen molar-refractivity contribution in [2.75, 3.05) is 27.9 Å². The van der Waals surface area contributed by atoms with Crippen LogP contribution in [-0.4, -0.2) is 39.5 Å². The van der Waals surface area contributed by atoms with Crippen LogP contribution < -0.4 is 23.7 Å². The number of rotatable bonds is 8. The topological polar surface area (TPSA) is 80.3 Å². The molecule has 0 saturated heterocycles. The largest absolute Gasteiger partial charge is 0.497 e. The van der Waals surface area contributed by atoms with Crippen LogP contribution in [0, 0.1) is 6.92 Å². The summed E-state index contributed by atoms with van der Waals surface area (Å²) in [6.07, 6.45) is 1.62. The fourth-order valence-electron chi connectivity index (χ4n) is 3.69. The summed E-state index contributed by atoms with van der Waals surface area (Å²) in [5.74, 6) is 2.34. The van der Waals surface area contributed by atoms with Crippen molar-refractivity contribution in [3.63, 3.8) is 0 Å². The van der Waals surface area contributed by atoms with Crippen LogP contribution in [0.15, 0.2) is 60.4 Å². The van der Waals surface area contributed by atoms with Crippen LogP contribution in [-0.2, 0) is 0 Å². The van der Waals surface area contributed by atoms with Gasteiger partial charge in [-0.2, -0.15) is 0 Å². The van der Waals surface area contributed by atoms with Gasteiger partial charge in [-0.05, 0) is 55.5 Å². The predicted octanol–water partition coefficient (Wildman–Crippen LogP) is 4.90. The van der Waals surface area contributed by atoms with E-state index in [0.717, 1.165) is 0 Å². The Balaban J connectivity index is 1.54. The second kappa shape index (κ2) is 9.70. The summed E-state index contributed by atoms with van der Waals surface area (Å²) in [4.78, 5) is 25.5. The van der Waals surface area contributed by atoms with Crippen LogP contribution in [0.2, 0.25) is 0 Å². The van der Waals surface area contributed by atoms with Gasteiger partial charge in [0.15, 0.2) is 29.6 Å². The number of fused-ring (bicyclic) bond motifs is 1. The number of ether oxygens (including phenoxy) is 5. The van der Waals surface area contributed by atoms with Crippen molar-refractivity contribution in [1.29, 1.82) is 0 Å². The van der Waals surface area contributed by atoms with Gasteiger partial charge in [-0.15, -0.1) is 0 Å². The molecule has 1 aliphatic rings. The number of hydrogen-bond donors (Lipinski definition) is 0. The van der Waals surface area contributed by atoms with Gasteiger partial charge >= 0.3 is 0 Å². The van der Waals surface area contributed by atoms with E-state index in [2.05, 4.69) is 0 Å². The van der Waals surface area contributed by atoms with Crippen molar-refractivity contribution in [3.05, 3.63) is 82.6 Å². The molecule has 0 N–H and O–H groups in total. The number of carbonyl (C=O) groups is 2. The minimum Gasteiger partial charge on any atom is -0.497 e. The van der Waals surface area contributed by atoms with Crippen molar-refractivity contribution in [3.8, 4) is 28.7 Å². The Hall–Kier alpha value is -4.26. The highest BCUT2D eigenvalue weighted by atomic mass is 16.5. The standard InChI is InChI=1S/C27H24O7/c1-16-22(33-15-21(28)17-8-10-19(30-2)11-9-17)13-12-20-25(29)24(34-26(16)20)14-18-6-5-7-23(31-3)27(18)32-4/h5-14H,15H2,1-4H3/b24-14-. The van der Waals surface area contributed by atoms with E-state index in [9.17, 15) is 9.59 Å². The van der Waals surface area contributed by atoms with Gasteiger partial charge in [0.05, 0.1) is 26.9 Å².